The Morgan fingerprint density at radius 2 is 2.21 bits per heavy atom. The molecule has 4 nitrogen and oxygen atoms in total. The molecule has 0 radical (unpaired) electrons. The smallest absolute Gasteiger partial charge is 0.129 e. The average molecular weight is 396 g/mol. The summed E-state index contributed by atoms with van der Waals surface area (Å²) in [5, 5.41) is 1.40. The van der Waals surface area contributed by atoms with Gasteiger partial charge in [0.25, 0.3) is 0 Å². The van der Waals surface area contributed by atoms with Crippen LogP contribution in [0.3, 0.4) is 0 Å². The molecule has 1 aromatic heterocycles. The van der Waals surface area contributed by atoms with Crippen molar-refractivity contribution in [2.75, 3.05) is 30.3 Å². The second-order valence-electron chi connectivity index (χ2n) is 7.81. The molecule has 148 valence electrons. The third-order valence-electron chi connectivity index (χ3n) is 5.69. The maximum absolute atomic E-state index is 12.6. The number of nitrogens with two attached hydrogens (primary N) is 1. The Morgan fingerprint density at radius 1 is 1.32 bits per heavy atom. The molecule has 28 heavy (non-hydrogen) atoms. The van der Waals surface area contributed by atoms with Crippen LogP contribution in [0.1, 0.15) is 30.4 Å². The van der Waals surface area contributed by atoms with E-state index in [0.29, 0.717) is 6.54 Å². The molecule has 1 aromatic carbocycles. The Bertz CT molecular complexity index is 950. The maximum atomic E-state index is 12.6. The van der Waals surface area contributed by atoms with Crippen molar-refractivity contribution in [2.45, 2.75) is 37.9 Å². The minimum atomic E-state index is -0.771. The largest absolute Gasteiger partial charge is 0.353 e. The second-order valence-corrected chi connectivity index (χ2v) is 9.55. The molecule has 2 heterocycles. The Hall–Kier alpha value is -1.98. The number of allylic oxidation sites excluding steroid dienone is 3. The zero-order chi connectivity index (χ0) is 19.5. The number of pyridine rings is 1. The van der Waals surface area contributed by atoms with E-state index in [1.54, 1.807) is 0 Å². The molecule has 4 rings (SSSR count). The summed E-state index contributed by atoms with van der Waals surface area (Å²) in [4.78, 5) is 7.39. The summed E-state index contributed by atoms with van der Waals surface area (Å²) in [6.07, 6.45) is 10.2. The molecule has 1 aliphatic heterocycles. The van der Waals surface area contributed by atoms with E-state index in [-0.39, 0.29) is 5.25 Å². The normalized spacial score (nSPS) is 22.5. The Morgan fingerprint density at radius 3 is 3.07 bits per heavy atom. The van der Waals surface area contributed by atoms with Crippen LogP contribution in [0.2, 0.25) is 0 Å². The molecule has 0 amide bonds. The van der Waals surface area contributed by atoms with Crippen molar-refractivity contribution >= 4 is 27.5 Å². The van der Waals surface area contributed by atoms with Crippen LogP contribution in [-0.4, -0.2) is 39.8 Å². The molecule has 0 bridgehead atoms. The van der Waals surface area contributed by atoms with Gasteiger partial charge in [-0.25, -0.2) is 4.98 Å². The zero-order valence-corrected chi connectivity index (χ0v) is 17.4. The summed E-state index contributed by atoms with van der Waals surface area (Å²) < 4.78 is 12.6. The number of hydrogen-bond acceptors (Lipinski definition) is 4. The lowest BCUT2D eigenvalue weighted by Crippen LogP contribution is -2.37. The topological polar surface area (TPSA) is 59.2 Å². The lowest BCUT2D eigenvalue weighted by atomic mass is 10.0. The standard InChI is InChI=1S/C23H29N3OS/c1-17-9-10-21-20(14-17)18(7-4-11-24)15-23(25-21)26-12-5-13-28(27)22-8-3-2-6-19(22)16-26/h2-3,6,9-10,14-15,22H,4-5,7-8,11-13,16,24H2,1H3. The summed E-state index contributed by atoms with van der Waals surface area (Å²) in [6.45, 7) is 4.52. The third kappa shape index (κ3) is 4.06. The minimum Gasteiger partial charge on any atom is -0.353 e. The van der Waals surface area contributed by atoms with Crippen LogP contribution in [0.15, 0.2) is 48.1 Å². The first-order valence-corrected chi connectivity index (χ1v) is 11.6. The zero-order valence-electron chi connectivity index (χ0n) is 16.6. The number of hydrogen-bond donors (Lipinski definition) is 1. The Kier molecular flexibility index (Phi) is 5.93. The fraction of sp³-hybridized carbons (Fsp3) is 0.435. The van der Waals surface area contributed by atoms with E-state index in [2.05, 4.69) is 54.3 Å². The SMILES string of the molecule is Cc1ccc2nc(N3CCCS(=O)C4CC=CC=C4C3)cc(CCCN)c2c1. The summed E-state index contributed by atoms with van der Waals surface area (Å²) in [5.41, 5.74) is 10.7. The van der Waals surface area contributed by atoms with Gasteiger partial charge in [-0.2, -0.15) is 0 Å². The van der Waals surface area contributed by atoms with Crippen molar-refractivity contribution in [1.82, 2.24) is 4.98 Å². The quantitative estimate of drug-likeness (QED) is 0.858. The number of nitrogens with zero attached hydrogens (tertiary/aromatic N) is 2. The molecule has 2 atom stereocenters. The van der Waals surface area contributed by atoms with Crippen LogP contribution in [0.4, 0.5) is 5.82 Å². The fourth-order valence-electron chi connectivity index (χ4n) is 4.17. The molecule has 5 heteroatoms. The van der Waals surface area contributed by atoms with Gasteiger partial charge in [-0.15, -0.1) is 0 Å². The van der Waals surface area contributed by atoms with Crippen LogP contribution in [-0.2, 0) is 17.2 Å². The van der Waals surface area contributed by atoms with Gasteiger partial charge < -0.3 is 10.6 Å². The van der Waals surface area contributed by atoms with Gasteiger partial charge in [-0.05, 0) is 68.5 Å². The van der Waals surface area contributed by atoms with Crippen LogP contribution in [0.25, 0.3) is 10.9 Å². The van der Waals surface area contributed by atoms with Gasteiger partial charge in [0, 0.05) is 35.0 Å². The molecule has 2 N–H and O–H groups in total. The number of benzene rings is 1. The summed E-state index contributed by atoms with van der Waals surface area (Å²) in [7, 11) is -0.771. The molecule has 2 unspecified atom stereocenters. The number of aromatic nitrogens is 1. The second kappa shape index (κ2) is 8.58. The maximum Gasteiger partial charge on any atom is 0.129 e. The minimum absolute atomic E-state index is 0.160. The molecule has 2 aromatic rings. The van der Waals surface area contributed by atoms with E-state index in [9.17, 15) is 4.21 Å². The van der Waals surface area contributed by atoms with E-state index in [1.165, 1.54) is 22.1 Å². The molecule has 1 aliphatic carbocycles. The van der Waals surface area contributed by atoms with Gasteiger partial charge >= 0.3 is 0 Å². The number of aryl methyl sites for hydroxylation is 2. The number of anilines is 1. The molecule has 0 saturated carbocycles. The van der Waals surface area contributed by atoms with Crippen molar-refractivity contribution in [3.05, 3.63) is 59.2 Å². The van der Waals surface area contributed by atoms with Crippen LogP contribution < -0.4 is 10.6 Å². The molecule has 2 aliphatic rings. The lowest BCUT2D eigenvalue weighted by Gasteiger charge is -2.32. The van der Waals surface area contributed by atoms with E-state index >= 15 is 0 Å². The van der Waals surface area contributed by atoms with Gasteiger partial charge in [-0.1, -0.05) is 29.9 Å². The number of fused-ring (bicyclic) bond motifs is 2. The number of rotatable bonds is 4. The highest BCUT2D eigenvalue weighted by molar-refractivity contribution is 7.85. The van der Waals surface area contributed by atoms with Crippen LogP contribution in [0.5, 0.6) is 0 Å². The monoisotopic (exact) mass is 395 g/mol. The van der Waals surface area contributed by atoms with Gasteiger partial charge in [0.1, 0.15) is 5.82 Å². The van der Waals surface area contributed by atoms with Gasteiger partial charge in [0.15, 0.2) is 0 Å². The third-order valence-corrected chi connectivity index (χ3v) is 7.51. The predicted octanol–water partition coefficient (Wildman–Crippen LogP) is 3.65. The lowest BCUT2D eigenvalue weighted by molar-refractivity contribution is 0.660. The predicted molar refractivity (Wildman–Crippen MR) is 119 cm³/mol. The summed E-state index contributed by atoms with van der Waals surface area (Å²) >= 11 is 0. The van der Waals surface area contributed by atoms with Gasteiger partial charge in [0.05, 0.1) is 10.8 Å². The fourth-order valence-corrected chi connectivity index (χ4v) is 5.69. The first-order valence-electron chi connectivity index (χ1n) is 10.2. The van der Waals surface area contributed by atoms with Crippen molar-refractivity contribution in [1.29, 1.82) is 0 Å². The van der Waals surface area contributed by atoms with E-state index in [4.69, 9.17) is 10.7 Å². The molecular formula is C23H29N3OS. The first-order chi connectivity index (χ1) is 13.7. The van der Waals surface area contributed by atoms with Crippen LogP contribution in [0, 0.1) is 6.92 Å². The van der Waals surface area contributed by atoms with Gasteiger partial charge in [-0.3, -0.25) is 4.21 Å². The van der Waals surface area contributed by atoms with E-state index in [1.807, 2.05) is 0 Å². The highest BCUT2D eigenvalue weighted by atomic mass is 32.2. The molecule has 1 saturated heterocycles. The van der Waals surface area contributed by atoms with Gasteiger partial charge in [0.2, 0.25) is 0 Å². The first kappa shape index (κ1) is 19.3. The van der Waals surface area contributed by atoms with Crippen molar-refractivity contribution in [3.63, 3.8) is 0 Å². The highest BCUT2D eigenvalue weighted by Gasteiger charge is 2.26. The summed E-state index contributed by atoms with van der Waals surface area (Å²) in [6, 6.07) is 8.75. The van der Waals surface area contributed by atoms with E-state index < -0.39 is 10.8 Å². The molecule has 0 spiro atoms. The summed E-state index contributed by atoms with van der Waals surface area (Å²) in [5.74, 6) is 1.80. The average Bonchev–Trinajstić information content (AvgIpc) is 2.70. The van der Waals surface area contributed by atoms with Crippen molar-refractivity contribution < 1.29 is 4.21 Å². The van der Waals surface area contributed by atoms with E-state index in [0.717, 1.165) is 55.9 Å². The molecule has 1 fully saturated rings. The Labute approximate surface area is 170 Å². The molecular weight excluding hydrogens is 366 g/mol. The van der Waals surface area contributed by atoms with Crippen molar-refractivity contribution in [3.8, 4) is 0 Å². The highest BCUT2D eigenvalue weighted by Crippen LogP contribution is 2.29. The van der Waals surface area contributed by atoms with Crippen LogP contribution >= 0.6 is 0 Å². The van der Waals surface area contributed by atoms with Crippen molar-refractivity contribution in [2.24, 2.45) is 5.73 Å². The Balaban J connectivity index is 1.72.